The molecular weight excluding hydrogens is 344 g/mol. The number of hydrogen-bond acceptors (Lipinski definition) is 6. The van der Waals surface area contributed by atoms with E-state index >= 15 is 0 Å². The molecule has 0 unspecified atom stereocenters. The van der Waals surface area contributed by atoms with Crippen LogP contribution in [0.3, 0.4) is 0 Å². The summed E-state index contributed by atoms with van der Waals surface area (Å²) in [6, 6.07) is 11.9. The number of carbonyl (C=O) groups is 3. The SMILES string of the molecule is O=C(NN1C(=O)S/C(=C\c2ccc(O)cc2)C1=O)c1ccccc1O. The van der Waals surface area contributed by atoms with E-state index in [1.807, 2.05) is 0 Å². The van der Waals surface area contributed by atoms with Crippen molar-refractivity contribution < 1.29 is 24.6 Å². The highest BCUT2D eigenvalue weighted by Gasteiger charge is 2.37. The molecule has 3 amide bonds. The first-order chi connectivity index (χ1) is 12.0. The van der Waals surface area contributed by atoms with Crippen molar-refractivity contribution >= 4 is 34.9 Å². The van der Waals surface area contributed by atoms with E-state index in [0.717, 1.165) is 0 Å². The fraction of sp³-hybridized carbons (Fsp3) is 0. The Bertz CT molecular complexity index is 892. The predicted octanol–water partition coefficient (Wildman–Crippen LogP) is 2.48. The number of aromatic hydroxyl groups is 2. The van der Waals surface area contributed by atoms with E-state index in [-0.39, 0.29) is 22.0 Å². The number of para-hydroxylation sites is 1. The fourth-order valence-electron chi connectivity index (χ4n) is 2.11. The van der Waals surface area contributed by atoms with Gasteiger partial charge < -0.3 is 10.2 Å². The van der Waals surface area contributed by atoms with E-state index in [1.54, 1.807) is 24.3 Å². The summed E-state index contributed by atoms with van der Waals surface area (Å²) in [5, 5.41) is 18.9. The lowest BCUT2D eigenvalue weighted by Crippen LogP contribution is -2.44. The van der Waals surface area contributed by atoms with Crippen LogP contribution in [-0.4, -0.2) is 32.3 Å². The summed E-state index contributed by atoms with van der Waals surface area (Å²) in [5.74, 6) is -1.62. The Hall–Kier alpha value is -3.26. The number of amides is 3. The van der Waals surface area contributed by atoms with E-state index in [2.05, 4.69) is 5.43 Å². The van der Waals surface area contributed by atoms with E-state index < -0.39 is 17.1 Å². The Kier molecular flexibility index (Phi) is 4.44. The van der Waals surface area contributed by atoms with Crippen molar-refractivity contribution in [3.63, 3.8) is 0 Å². The van der Waals surface area contributed by atoms with Crippen LogP contribution in [0.4, 0.5) is 4.79 Å². The Labute approximate surface area is 146 Å². The van der Waals surface area contributed by atoms with Crippen molar-refractivity contribution in [1.82, 2.24) is 10.4 Å². The molecule has 1 heterocycles. The third-order valence-electron chi connectivity index (χ3n) is 3.35. The minimum absolute atomic E-state index is 0.0518. The van der Waals surface area contributed by atoms with Crippen LogP contribution < -0.4 is 5.43 Å². The molecule has 3 rings (SSSR count). The number of carbonyl (C=O) groups excluding carboxylic acids is 3. The van der Waals surface area contributed by atoms with Crippen LogP contribution in [0.2, 0.25) is 0 Å². The van der Waals surface area contributed by atoms with Crippen LogP contribution in [-0.2, 0) is 4.79 Å². The number of phenolic OH excluding ortho intramolecular Hbond substituents is 2. The normalized spacial score (nSPS) is 15.7. The molecule has 1 aliphatic heterocycles. The maximum absolute atomic E-state index is 12.3. The van der Waals surface area contributed by atoms with E-state index in [1.165, 1.54) is 30.3 Å². The van der Waals surface area contributed by atoms with Gasteiger partial charge in [0.15, 0.2) is 0 Å². The Balaban J connectivity index is 1.79. The van der Waals surface area contributed by atoms with Crippen molar-refractivity contribution in [2.45, 2.75) is 0 Å². The van der Waals surface area contributed by atoms with Crippen molar-refractivity contribution in [2.24, 2.45) is 0 Å². The number of imide groups is 1. The van der Waals surface area contributed by atoms with Gasteiger partial charge in [-0.25, -0.2) is 0 Å². The Morgan fingerprint density at radius 1 is 1.04 bits per heavy atom. The monoisotopic (exact) mass is 356 g/mol. The summed E-state index contributed by atoms with van der Waals surface area (Å²) >= 11 is 0.681. The van der Waals surface area contributed by atoms with Gasteiger partial charge >= 0.3 is 5.24 Å². The highest BCUT2D eigenvalue weighted by molar-refractivity contribution is 8.18. The number of nitrogens with zero attached hydrogens (tertiary/aromatic N) is 1. The third kappa shape index (κ3) is 3.48. The van der Waals surface area contributed by atoms with Gasteiger partial charge in [0.1, 0.15) is 11.5 Å². The Morgan fingerprint density at radius 2 is 1.72 bits per heavy atom. The number of rotatable bonds is 3. The third-order valence-corrected chi connectivity index (χ3v) is 4.22. The molecule has 7 nitrogen and oxygen atoms in total. The summed E-state index contributed by atoms with van der Waals surface area (Å²) in [6.07, 6.45) is 1.48. The maximum Gasteiger partial charge on any atom is 0.312 e. The molecule has 0 aromatic heterocycles. The first kappa shape index (κ1) is 16.6. The zero-order valence-corrected chi connectivity index (χ0v) is 13.5. The van der Waals surface area contributed by atoms with Crippen molar-refractivity contribution in [1.29, 1.82) is 0 Å². The maximum atomic E-state index is 12.3. The molecule has 1 fully saturated rings. The van der Waals surface area contributed by atoms with Gasteiger partial charge in [-0.15, -0.1) is 0 Å². The Morgan fingerprint density at radius 3 is 2.40 bits per heavy atom. The lowest BCUT2D eigenvalue weighted by atomic mass is 10.2. The van der Waals surface area contributed by atoms with E-state index in [0.29, 0.717) is 22.3 Å². The molecule has 25 heavy (non-hydrogen) atoms. The molecule has 0 radical (unpaired) electrons. The predicted molar refractivity (Wildman–Crippen MR) is 91.5 cm³/mol. The zero-order chi connectivity index (χ0) is 18.0. The quantitative estimate of drug-likeness (QED) is 0.730. The van der Waals surface area contributed by atoms with Crippen LogP contribution in [0.1, 0.15) is 15.9 Å². The lowest BCUT2D eigenvalue weighted by Gasteiger charge is -2.14. The molecule has 1 aliphatic rings. The first-order valence-electron chi connectivity index (χ1n) is 7.11. The van der Waals surface area contributed by atoms with Gasteiger partial charge in [0.25, 0.3) is 11.8 Å². The standard InChI is InChI=1S/C17H12N2O5S/c20-11-7-5-10(6-8-11)9-14-16(23)19(17(24)25-14)18-15(22)12-3-1-2-4-13(12)21/h1-9,20-21H,(H,18,22)/b14-9-. The van der Waals surface area contributed by atoms with Crippen LogP contribution >= 0.6 is 11.8 Å². The van der Waals surface area contributed by atoms with Crippen molar-refractivity contribution in [2.75, 3.05) is 0 Å². The molecule has 2 aromatic rings. The van der Waals surface area contributed by atoms with Crippen LogP contribution in [0.15, 0.2) is 53.4 Å². The molecule has 0 saturated carbocycles. The average Bonchev–Trinajstić information content (AvgIpc) is 2.85. The second-order valence-electron chi connectivity index (χ2n) is 5.07. The molecule has 1 saturated heterocycles. The number of benzene rings is 2. The second kappa shape index (κ2) is 6.70. The van der Waals surface area contributed by atoms with Gasteiger partial charge in [0.2, 0.25) is 0 Å². The largest absolute Gasteiger partial charge is 0.508 e. The number of hydrogen-bond donors (Lipinski definition) is 3. The molecule has 0 aliphatic carbocycles. The number of phenols is 2. The van der Waals surface area contributed by atoms with Gasteiger partial charge in [-0.2, -0.15) is 5.01 Å². The number of nitrogens with one attached hydrogen (secondary N) is 1. The molecule has 3 N–H and O–H groups in total. The van der Waals surface area contributed by atoms with Gasteiger partial charge in [-0.05, 0) is 47.7 Å². The van der Waals surface area contributed by atoms with Crippen LogP contribution in [0.5, 0.6) is 11.5 Å². The minimum Gasteiger partial charge on any atom is -0.508 e. The molecule has 0 spiro atoms. The zero-order valence-electron chi connectivity index (χ0n) is 12.7. The summed E-state index contributed by atoms with van der Waals surface area (Å²) in [4.78, 5) is 36.6. The lowest BCUT2D eigenvalue weighted by molar-refractivity contribution is -0.124. The summed E-state index contributed by atoms with van der Waals surface area (Å²) in [5.41, 5.74) is 2.76. The van der Waals surface area contributed by atoms with Crippen molar-refractivity contribution in [3.8, 4) is 11.5 Å². The topological polar surface area (TPSA) is 107 Å². The highest BCUT2D eigenvalue weighted by atomic mass is 32.2. The fourth-order valence-corrected chi connectivity index (χ4v) is 2.89. The first-order valence-corrected chi connectivity index (χ1v) is 7.93. The molecule has 8 heteroatoms. The van der Waals surface area contributed by atoms with Crippen LogP contribution in [0, 0.1) is 0 Å². The molecule has 0 bridgehead atoms. The highest BCUT2D eigenvalue weighted by Crippen LogP contribution is 2.31. The van der Waals surface area contributed by atoms with Gasteiger partial charge in [0, 0.05) is 0 Å². The summed E-state index contributed by atoms with van der Waals surface area (Å²) in [6.45, 7) is 0. The molecule has 2 aromatic carbocycles. The van der Waals surface area contributed by atoms with Crippen molar-refractivity contribution in [3.05, 3.63) is 64.6 Å². The second-order valence-corrected chi connectivity index (χ2v) is 6.06. The smallest absolute Gasteiger partial charge is 0.312 e. The van der Waals surface area contributed by atoms with E-state index in [9.17, 15) is 24.6 Å². The number of hydrazine groups is 1. The average molecular weight is 356 g/mol. The molecule has 126 valence electrons. The summed E-state index contributed by atoms with van der Waals surface area (Å²) < 4.78 is 0. The van der Waals surface area contributed by atoms with Gasteiger partial charge in [-0.3, -0.25) is 19.8 Å². The van der Waals surface area contributed by atoms with Crippen LogP contribution in [0.25, 0.3) is 6.08 Å². The van der Waals surface area contributed by atoms with E-state index in [4.69, 9.17) is 0 Å². The number of thioether (sulfide) groups is 1. The molecule has 0 atom stereocenters. The minimum atomic E-state index is -0.772. The van der Waals surface area contributed by atoms with Gasteiger partial charge in [-0.1, -0.05) is 24.3 Å². The van der Waals surface area contributed by atoms with Gasteiger partial charge in [0.05, 0.1) is 10.5 Å². The molecular formula is C17H12N2O5S. The summed E-state index contributed by atoms with van der Waals surface area (Å²) in [7, 11) is 0.